The monoisotopic (exact) mass is 263 g/mol. The first-order valence-corrected chi connectivity index (χ1v) is 6.03. The number of rotatable bonds is 3. The van der Waals surface area contributed by atoms with Gasteiger partial charge in [-0.2, -0.15) is 10.1 Å². The molecule has 0 saturated carbocycles. The van der Waals surface area contributed by atoms with E-state index in [-0.39, 0.29) is 18.0 Å². The van der Waals surface area contributed by atoms with E-state index in [1.54, 1.807) is 0 Å². The van der Waals surface area contributed by atoms with E-state index in [4.69, 9.17) is 21.7 Å². The van der Waals surface area contributed by atoms with E-state index in [2.05, 4.69) is 4.99 Å². The highest BCUT2D eigenvalue weighted by Gasteiger charge is 2.16. The molecule has 0 bridgehead atoms. The van der Waals surface area contributed by atoms with Crippen LogP contribution in [0, 0.1) is 19.3 Å². The zero-order chi connectivity index (χ0) is 14.6. The first-order chi connectivity index (χ1) is 8.79. The molecule has 5 N–H and O–H groups in total. The lowest BCUT2D eigenvalue weighted by molar-refractivity contribution is -0.0119. The molecule has 0 saturated heterocycles. The molecule has 0 aliphatic carbocycles. The van der Waals surface area contributed by atoms with Crippen molar-refractivity contribution in [3.63, 3.8) is 0 Å². The maximum absolute atomic E-state index is 7.82. The van der Waals surface area contributed by atoms with Gasteiger partial charge in [0.1, 0.15) is 0 Å². The molecule has 0 radical (unpaired) electrons. The molecule has 0 atom stereocenters. The van der Waals surface area contributed by atoms with Crippen LogP contribution in [0.3, 0.4) is 0 Å². The molecule has 6 heteroatoms. The van der Waals surface area contributed by atoms with Crippen molar-refractivity contribution in [3.05, 3.63) is 29.3 Å². The third-order valence-corrected chi connectivity index (χ3v) is 2.31. The first-order valence-electron chi connectivity index (χ1n) is 6.03. The Labute approximate surface area is 113 Å². The predicted molar refractivity (Wildman–Crippen MR) is 77.1 cm³/mol. The molecule has 1 aromatic carbocycles. The number of nitrogens with one attached hydrogen (secondary N) is 1. The summed E-state index contributed by atoms with van der Waals surface area (Å²) >= 11 is 0. The summed E-state index contributed by atoms with van der Waals surface area (Å²) in [7, 11) is 0. The van der Waals surface area contributed by atoms with Crippen LogP contribution < -0.4 is 16.3 Å². The highest BCUT2D eigenvalue weighted by atomic mass is 16.7. The molecule has 104 valence electrons. The maximum Gasteiger partial charge on any atom is 0.255 e. The molecular weight excluding hydrogens is 242 g/mol. The van der Waals surface area contributed by atoms with Gasteiger partial charge in [-0.3, -0.25) is 5.41 Å². The van der Waals surface area contributed by atoms with Crippen LogP contribution in [0.2, 0.25) is 0 Å². The Kier molecular flexibility index (Phi) is 4.74. The smallest absolute Gasteiger partial charge is 0.255 e. The van der Waals surface area contributed by atoms with Crippen molar-refractivity contribution >= 4 is 11.9 Å². The fourth-order valence-electron chi connectivity index (χ4n) is 1.66. The summed E-state index contributed by atoms with van der Waals surface area (Å²) in [5.74, 6) is 0.357. The van der Waals surface area contributed by atoms with Crippen molar-refractivity contribution in [2.45, 2.75) is 33.7 Å². The van der Waals surface area contributed by atoms with E-state index in [9.17, 15) is 0 Å². The lowest BCUT2D eigenvalue weighted by Crippen LogP contribution is -2.40. The van der Waals surface area contributed by atoms with Crippen molar-refractivity contribution in [1.29, 1.82) is 5.41 Å². The van der Waals surface area contributed by atoms with E-state index in [1.165, 1.54) is 5.06 Å². The molecule has 19 heavy (non-hydrogen) atoms. The normalized spacial score (nSPS) is 10.2. The SMILES string of the molecule is Cc1cc(C)cc(ON(C(=N)N=C(N)N)C(C)C)c1. The molecule has 1 aromatic rings. The Bertz CT molecular complexity index is 472. The van der Waals surface area contributed by atoms with Crippen LogP contribution >= 0.6 is 0 Å². The number of aliphatic imine (C=N–C) groups is 1. The highest BCUT2D eigenvalue weighted by molar-refractivity contribution is 5.91. The van der Waals surface area contributed by atoms with Gasteiger partial charge < -0.3 is 16.3 Å². The van der Waals surface area contributed by atoms with Gasteiger partial charge in [0.15, 0.2) is 11.7 Å². The van der Waals surface area contributed by atoms with Gasteiger partial charge in [0.2, 0.25) is 0 Å². The van der Waals surface area contributed by atoms with Gasteiger partial charge in [-0.25, -0.2) is 0 Å². The molecule has 0 amide bonds. The maximum atomic E-state index is 7.82. The minimum Gasteiger partial charge on any atom is -0.376 e. The summed E-state index contributed by atoms with van der Waals surface area (Å²) < 4.78 is 0. The lowest BCUT2D eigenvalue weighted by atomic mass is 10.1. The molecule has 0 aliphatic rings. The molecule has 0 unspecified atom stereocenters. The van der Waals surface area contributed by atoms with Gasteiger partial charge in [0.05, 0.1) is 6.04 Å². The van der Waals surface area contributed by atoms with Crippen LogP contribution in [0.25, 0.3) is 0 Å². The number of hydrogen-bond donors (Lipinski definition) is 3. The second-order valence-electron chi connectivity index (χ2n) is 4.69. The first kappa shape index (κ1) is 14.8. The zero-order valence-electron chi connectivity index (χ0n) is 11.8. The van der Waals surface area contributed by atoms with Crippen LogP contribution in [0.1, 0.15) is 25.0 Å². The third kappa shape index (κ3) is 4.50. The quantitative estimate of drug-likeness (QED) is 0.437. The predicted octanol–water partition coefficient (Wildman–Crippen LogP) is 1.52. The van der Waals surface area contributed by atoms with E-state index in [1.807, 2.05) is 45.9 Å². The Hall–Kier alpha value is -2.24. The van der Waals surface area contributed by atoms with Crippen molar-refractivity contribution in [2.24, 2.45) is 16.5 Å². The molecule has 1 rings (SSSR count). The molecule has 0 aromatic heterocycles. The van der Waals surface area contributed by atoms with Gasteiger partial charge in [-0.1, -0.05) is 6.07 Å². The van der Waals surface area contributed by atoms with E-state index in [0.717, 1.165) is 11.1 Å². The number of benzene rings is 1. The zero-order valence-corrected chi connectivity index (χ0v) is 11.8. The van der Waals surface area contributed by atoms with Crippen LogP contribution in [-0.4, -0.2) is 23.0 Å². The average molecular weight is 263 g/mol. The Balaban J connectivity index is 2.96. The summed E-state index contributed by atoms with van der Waals surface area (Å²) in [4.78, 5) is 9.39. The largest absolute Gasteiger partial charge is 0.376 e. The molecule has 0 heterocycles. The second kappa shape index (κ2) is 6.08. The fraction of sp³-hybridized carbons (Fsp3) is 0.385. The summed E-state index contributed by atoms with van der Waals surface area (Å²) in [5.41, 5.74) is 12.7. The minimum atomic E-state index is -0.167. The Morgan fingerprint density at radius 3 is 2.16 bits per heavy atom. The van der Waals surface area contributed by atoms with E-state index < -0.39 is 0 Å². The molecule has 0 fully saturated rings. The van der Waals surface area contributed by atoms with Crippen molar-refractivity contribution in [2.75, 3.05) is 0 Å². The average Bonchev–Trinajstić information content (AvgIpc) is 2.22. The van der Waals surface area contributed by atoms with Crippen molar-refractivity contribution in [1.82, 2.24) is 5.06 Å². The topological polar surface area (TPSA) is 101 Å². The van der Waals surface area contributed by atoms with E-state index in [0.29, 0.717) is 5.75 Å². The minimum absolute atomic E-state index is 0.0728. The second-order valence-corrected chi connectivity index (χ2v) is 4.69. The van der Waals surface area contributed by atoms with Crippen LogP contribution in [0.15, 0.2) is 23.2 Å². The summed E-state index contributed by atoms with van der Waals surface area (Å²) in [6.07, 6.45) is 0. The Morgan fingerprint density at radius 2 is 1.74 bits per heavy atom. The summed E-state index contributed by atoms with van der Waals surface area (Å²) in [6, 6.07) is 5.76. The van der Waals surface area contributed by atoms with Crippen LogP contribution in [-0.2, 0) is 0 Å². The van der Waals surface area contributed by atoms with Crippen LogP contribution in [0.5, 0.6) is 5.75 Å². The standard InChI is InChI=1S/C13H21N5O/c1-8(2)18(13(16)17-12(14)15)19-11-6-9(3)5-10(4)7-11/h5-8H,1-4H3,(H5,14,15,16,17). The lowest BCUT2D eigenvalue weighted by Gasteiger charge is -2.26. The van der Waals surface area contributed by atoms with Gasteiger partial charge in [-0.05, 0) is 51.0 Å². The molecule has 0 spiro atoms. The number of nitrogens with zero attached hydrogens (tertiary/aromatic N) is 2. The van der Waals surface area contributed by atoms with Crippen LogP contribution in [0.4, 0.5) is 0 Å². The van der Waals surface area contributed by atoms with Gasteiger partial charge in [0, 0.05) is 0 Å². The highest BCUT2D eigenvalue weighted by Crippen LogP contribution is 2.18. The number of hydroxylamine groups is 2. The summed E-state index contributed by atoms with van der Waals surface area (Å²) in [5, 5.41) is 9.17. The van der Waals surface area contributed by atoms with Gasteiger partial charge >= 0.3 is 0 Å². The van der Waals surface area contributed by atoms with E-state index >= 15 is 0 Å². The number of hydrogen-bond acceptors (Lipinski definition) is 2. The summed E-state index contributed by atoms with van der Waals surface area (Å²) in [6.45, 7) is 7.75. The van der Waals surface area contributed by atoms with Gasteiger partial charge in [0.25, 0.3) is 5.96 Å². The Morgan fingerprint density at radius 1 is 1.21 bits per heavy atom. The number of guanidine groups is 2. The third-order valence-electron chi connectivity index (χ3n) is 2.31. The number of nitrogens with two attached hydrogens (primary N) is 2. The molecular formula is C13H21N5O. The number of aryl methyl sites for hydroxylation is 2. The molecule has 0 aliphatic heterocycles. The van der Waals surface area contributed by atoms with Crippen molar-refractivity contribution in [3.8, 4) is 5.75 Å². The fourth-order valence-corrected chi connectivity index (χ4v) is 1.66. The van der Waals surface area contributed by atoms with Gasteiger partial charge in [-0.15, -0.1) is 0 Å². The molecule has 6 nitrogen and oxygen atoms in total. The van der Waals surface area contributed by atoms with Crippen molar-refractivity contribution < 1.29 is 4.84 Å².